The van der Waals surface area contributed by atoms with E-state index >= 15 is 0 Å². The van der Waals surface area contributed by atoms with Crippen LogP contribution in [0.1, 0.15) is 15.9 Å². The molecule has 1 atom stereocenters. The van der Waals surface area contributed by atoms with Gasteiger partial charge in [0.05, 0.1) is 6.20 Å². The molecule has 2 aromatic heterocycles. The second kappa shape index (κ2) is 4.83. The van der Waals surface area contributed by atoms with Crippen molar-refractivity contribution in [3.05, 3.63) is 47.1 Å². The van der Waals surface area contributed by atoms with Gasteiger partial charge in [0.1, 0.15) is 16.1 Å². The van der Waals surface area contributed by atoms with Crippen LogP contribution in [-0.4, -0.2) is 25.6 Å². The highest BCUT2D eigenvalue weighted by Crippen LogP contribution is 2.32. The Hall–Kier alpha value is -1.79. The highest BCUT2D eigenvalue weighted by atomic mass is 35.5. The third kappa shape index (κ3) is 2.12. The van der Waals surface area contributed by atoms with E-state index in [2.05, 4.69) is 25.6 Å². The number of H-pyrrole nitrogens is 1. The first kappa shape index (κ1) is 11.3. The molecule has 0 spiro atoms. The molecule has 1 unspecified atom stereocenters. The number of nitrogens with one attached hydrogen (secondary N) is 1. The van der Waals surface area contributed by atoms with Gasteiger partial charge in [-0.3, -0.25) is 0 Å². The summed E-state index contributed by atoms with van der Waals surface area (Å²) in [5, 5.41) is 19.6. The van der Waals surface area contributed by atoms with E-state index in [1.54, 1.807) is 6.20 Å². The van der Waals surface area contributed by atoms with Crippen LogP contribution in [0.5, 0.6) is 0 Å². The first-order chi connectivity index (χ1) is 8.84. The predicted molar refractivity (Wildman–Crippen MR) is 69.4 cm³/mol. The molecule has 0 aliphatic rings. The van der Waals surface area contributed by atoms with E-state index in [1.807, 2.05) is 30.3 Å². The van der Waals surface area contributed by atoms with Crippen molar-refractivity contribution in [3.63, 3.8) is 0 Å². The molecule has 1 N–H and O–H groups in total. The topological polar surface area (TPSA) is 67.3 Å². The summed E-state index contributed by atoms with van der Waals surface area (Å²) >= 11 is 7.79. The van der Waals surface area contributed by atoms with Crippen molar-refractivity contribution >= 4 is 22.9 Å². The number of nitrogens with zero attached hydrogens (tertiary/aromatic N) is 4. The molecule has 0 radical (unpaired) electrons. The Balaban J connectivity index is 1.90. The summed E-state index contributed by atoms with van der Waals surface area (Å²) in [7, 11) is 0. The van der Waals surface area contributed by atoms with E-state index in [0.29, 0.717) is 10.7 Å². The van der Waals surface area contributed by atoms with Gasteiger partial charge in [0.2, 0.25) is 0 Å². The molecule has 0 fully saturated rings. The van der Waals surface area contributed by atoms with Crippen LogP contribution in [0.25, 0.3) is 10.7 Å². The molecule has 0 bridgehead atoms. The Kier molecular flexibility index (Phi) is 3.04. The fourth-order valence-corrected chi connectivity index (χ4v) is 2.64. The van der Waals surface area contributed by atoms with E-state index in [1.165, 1.54) is 11.3 Å². The minimum atomic E-state index is -0.288. The van der Waals surface area contributed by atoms with Crippen LogP contribution in [-0.2, 0) is 0 Å². The number of aromatic amines is 1. The van der Waals surface area contributed by atoms with Gasteiger partial charge in [-0.05, 0) is 5.56 Å². The van der Waals surface area contributed by atoms with Crippen molar-refractivity contribution in [1.82, 2.24) is 25.6 Å². The molecule has 3 rings (SSSR count). The van der Waals surface area contributed by atoms with Crippen LogP contribution in [0.15, 0.2) is 36.5 Å². The molecule has 3 aromatic rings. The fourth-order valence-electron chi connectivity index (χ4n) is 1.51. The van der Waals surface area contributed by atoms with Gasteiger partial charge in [0, 0.05) is 0 Å². The van der Waals surface area contributed by atoms with E-state index in [4.69, 9.17) is 11.6 Å². The molecule has 18 heavy (non-hydrogen) atoms. The summed E-state index contributed by atoms with van der Waals surface area (Å²) in [6, 6.07) is 9.78. The normalized spacial score (nSPS) is 12.5. The Morgan fingerprint density at radius 3 is 2.72 bits per heavy atom. The van der Waals surface area contributed by atoms with Crippen molar-refractivity contribution in [2.75, 3.05) is 0 Å². The van der Waals surface area contributed by atoms with E-state index in [9.17, 15) is 0 Å². The minimum Gasteiger partial charge on any atom is -0.197 e. The molecule has 0 amide bonds. The zero-order valence-corrected chi connectivity index (χ0v) is 10.7. The van der Waals surface area contributed by atoms with Gasteiger partial charge in [-0.1, -0.05) is 41.7 Å². The molecule has 7 heteroatoms. The van der Waals surface area contributed by atoms with Gasteiger partial charge < -0.3 is 0 Å². The van der Waals surface area contributed by atoms with Crippen LogP contribution in [0.3, 0.4) is 0 Å². The lowest BCUT2D eigenvalue weighted by molar-refractivity contribution is 0.938. The fraction of sp³-hybridized carbons (Fsp3) is 0.0909. The zero-order valence-electron chi connectivity index (χ0n) is 9.12. The van der Waals surface area contributed by atoms with Crippen molar-refractivity contribution in [1.29, 1.82) is 0 Å². The lowest BCUT2D eigenvalue weighted by Gasteiger charge is -2.04. The molecular formula is C11H8ClN5S. The van der Waals surface area contributed by atoms with Crippen molar-refractivity contribution in [2.24, 2.45) is 0 Å². The molecule has 0 saturated carbocycles. The Morgan fingerprint density at radius 2 is 2.00 bits per heavy atom. The lowest BCUT2D eigenvalue weighted by Crippen LogP contribution is -1.91. The van der Waals surface area contributed by atoms with Gasteiger partial charge in [0.15, 0.2) is 5.01 Å². The van der Waals surface area contributed by atoms with Gasteiger partial charge >= 0.3 is 0 Å². The number of hydrogen-bond acceptors (Lipinski definition) is 5. The summed E-state index contributed by atoms with van der Waals surface area (Å²) in [4.78, 5) is 0. The smallest absolute Gasteiger partial charge is 0.169 e. The maximum Gasteiger partial charge on any atom is 0.169 e. The monoisotopic (exact) mass is 277 g/mol. The lowest BCUT2D eigenvalue weighted by atomic mass is 10.1. The van der Waals surface area contributed by atoms with Crippen molar-refractivity contribution < 1.29 is 0 Å². The first-order valence-electron chi connectivity index (χ1n) is 5.23. The van der Waals surface area contributed by atoms with Gasteiger partial charge in [-0.2, -0.15) is 15.4 Å². The predicted octanol–water partition coefficient (Wildman–Crippen LogP) is 2.65. The molecule has 5 nitrogen and oxygen atoms in total. The summed E-state index contributed by atoms with van der Waals surface area (Å²) in [6.07, 6.45) is 1.61. The third-order valence-corrected chi connectivity index (χ3v) is 3.98. The SMILES string of the molecule is ClC(c1ccccc1)c1nnc(-c2cn[nH]n2)s1. The van der Waals surface area contributed by atoms with E-state index in [-0.39, 0.29) is 5.38 Å². The standard InChI is InChI=1S/C11H8ClN5S/c12-9(7-4-2-1-3-5-7)11-16-15-10(18-11)8-6-13-17-14-8/h1-6,9H,(H,13,14,17). The van der Waals surface area contributed by atoms with Crippen LogP contribution in [0.4, 0.5) is 0 Å². The average Bonchev–Trinajstić information content (AvgIpc) is 3.09. The van der Waals surface area contributed by atoms with Crippen LogP contribution in [0.2, 0.25) is 0 Å². The third-order valence-electron chi connectivity index (χ3n) is 2.38. The second-order valence-corrected chi connectivity index (χ2v) is 5.02. The number of benzene rings is 1. The van der Waals surface area contributed by atoms with Crippen LogP contribution < -0.4 is 0 Å². The Bertz CT molecular complexity index is 622. The van der Waals surface area contributed by atoms with Gasteiger partial charge in [-0.25, -0.2) is 0 Å². The Morgan fingerprint density at radius 1 is 1.17 bits per heavy atom. The molecule has 2 heterocycles. The first-order valence-corrected chi connectivity index (χ1v) is 6.48. The largest absolute Gasteiger partial charge is 0.197 e. The zero-order chi connectivity index (χ0) is 12.4. The Labute approximate surface area is 112 Å². The number of hydrogen-bond donors (Lipinski definition) is 1. The molecule has 0 aliphatic heterocycles. The summed E-state index contributed by atoms with van der Waals surface area (Å²) in [6.45, 7) is 0. The number of aromatic nitrogens is 5. The summed E-state index contributed by atoms with van der Waals surface area (Å²) in [5.41, 5.74) is 1.68. The van der Waals surface area contributed by atoms with E-state index < -0.39 is 0 Å². The molecule has 1 aromatic carbocycles. The summed E-state index contributed by atoms with van der Waals surface area (Å²) < 4.78 is 0. The number of alkyl halides is 1. The average molecular weight is 278 g/mol. The van der Waals surface area contributed by atoms with Crippen molar-refractivity contribution in [3.8, 4) is 10.7 Å². The van der Waals surface area contributed by atoms with Crippen molar-refractivity contribution in [2.45, 2.75) is 5.38 Å². The van der Waals surface area contributed by atoms with Gasteiger partial charge in [0.25, 0.3) is 0 Å². The highest BCUT2D eigenvalue weighted by Gasteiger charge is 2.17. The molecule has 0 aliphatic carbocycles. The highest BCUT2D eigenvalue weighted by molar-refractivity contribution is 7.15. The summed E-state index contributed by atoms with van der Waals surface area (Å²) in [5.74, 6) is 0. The molecule has 0 saturated heterocycles. The quantitative estimate of drug-likeness (QED) is 0.748. The second-order valence-electron chi connectivity index (χ2n) is 3.57. The van der Waals surface area contributed by atoms with Crippen LogP contribution in [0, 0.1) is 0 Å². The molecule has 90 valence electrons. The van der Waals surface area contributed by atoms with Gasteiger partial charge in [-0.15, -0.1) is 21.8 Å². The maximum absolute atomic E-state index is 6.37. The maximum atomic E-state index is 6.37. The van der Waals surface area contributed by atoms with E-state index in [0.717, 1.165) is 10.6 Å². The molecular weight excluding hydrogens is 270 g/mol. The number of rotatable bonds is 3. The minimum absolute atomic E-state index is 0.288. The number of halogens is 1. The van der Waals surface area contributed by atoms with Crippen LogP contribution >= 0.6 is 22.9 Å².